The number of nitrogens with one attached hydrogen (secondary N) is 1. The predicted molar refractivity (Wildman–Crippen MR) is 170 cm³/mol. The minimum atomic E-state index is -0.0935. The summed E-state index contributed by atoms with van der Waals surface area (Å²) < 4.78 is 40.9. The van der Waals surface area contributed by atoms with E-state index in [0.717, 1.165) is 66.3 Å². The Morgan fingerprint density at radius 3 is 2.41 bits per heavy atom. The van der Waals surface area contributed by atoms with Gasteiger partial charge in [0.25, 0.3) is 0 Å². The molecule has 1 heterocycles. The smallest absolute Gasteiger partial charge is 0.146 e. The van der Waals surface area contributed by atoms with Gasteiger partial charge in [0.05, 0.1) is 52.9 Å². The SMILES string of the molecule is COCO[C@@H]1CNC[C@H](OCc2cc3c(c(OC)c2)C=CCC3)[C@H]1c1ccc(OCCCOCc2ccccc2OC)cc1. The summed E-state index contributed by atoms with van der Waals surface area (Å²) in [5.41, 5.74) is 5.79. The summed E-state index contributed by atoms with van der Waals surface area (Å²) in [5.74, 6) is 2.60. The lowest BCUT2D eigenvalue weighted by atomic mass is 9.85. The van der Waals surface area contributed by atoms with Crippen molar-refractivity contribution in [3.05, 3.63) is 94.6 Å². The van der Waals surface area contributed by atoms with Crippen LogP contribution < -0.4 is 19.5 Å². The van der Waals surface area contributed by atoms with E-state index >= 15 is 0 Å². The maximum atomic E-state index is 6.61. The number of benzene rings is 3. The molecule has 1 fully saturated rings. The maximum Gasteiger partial charge on any atom is 0.146 e. The highest BCUT2D eigenvalue weighted by Gasteiger charge is 2.36. The van der Waals surface area contributed by atoms with Gasteiger partial charge in [-0.15, -0.1) is 0 Å². The Hall–Kier alpha value is -3.40. The zero-order valence-electron chi connectivity index (χ0n) is 26.1. The second kappa shape index (κ2) is 16.6. The molecule has 0 spiro atoms. The average molecular weight is 604 g/mol. The van der Waals surface area contributed by atoms with Gasteiger partial charge >= 0.3 is 0 Å². The van der Waals surface area contributed by atoms with E-state index in [1.165, 1.54) is 11.1 Å². The Bertz CT molecular complexity index is 1340. The van der Waals surface area contributed by atoms with Gasteiger partial charge in [0, 0.05) is 43.7 Å². The first-order valence-electron chi connectivity index (χ1n) is 15.4. The van der Waals surface area contributed by atoms with Gasteiger partial charge in [-0.1, -0.05) is 48.6 Å². The normalized spacial score (nSPS) is 19.4. The number of rotatable bonds is 16. The average Bonchev–Trinajstić information content (AvgIpc) is 3.08. The summed E-state index contributed by atoms with van der Waals surface area (Å²) in [5, 5.41) is 3.49. The Balaban J connectivity index is 1.17. The molecule has 44 heavy (non-hydrogen) atoms. The second-order valence-corrected chi connectivity index (χ2v) is 11.1. The summed E-state index contributed by atoms with van der Waals surface area (Å²) in [6.45, 7) is 3.87. The zero-order chi connectivity index (χ0) is 30.6. The fraction of sp³-hybridized carbons (Fsp3) is 0.444. The molecule has 0 amide bonds. The Morgan fingerprint density at radius 2 is 1.61 bits per heavy atom. The molecule has 1 aliphatic carbocycles. The molecule has 1 N–H and O–H groups in total. The van der Waals surface area contributed by atoms with Gasteiger partial charge in [0.1, 0.15) is 24.0 Å². The van der Waals surface area contributed by atoms with E-state index in [0.29, 0.717) is 26.4 Å². The van der Waals surface area contributed by atoms with Gasteiger partial charge in [0.15, 0.2) is 0 Å². The molecule has 3 atom stereocenters. The summed E-state index contributed by atoms with van der Waals surface area (Å²) in [4.78, 5) is 0. The molecular formula is C36H45NO7. The second-order valence-electron chi connectivity index (χ2n) is 11.1. The molecule has 2 aliphatic rings. The zero-order valence-corrected chi connectivity index (χ0v) is 26.1. The van der Waals surface area contributed by atoms with Crippen LogP contribution in [0.15, 0.2) is 66.7 Å². The van der Waals surface area contributed by atoms with Crippen LogP contribution in [-0.2, 0) is 38.6 Å². The number of hydrogen-bond donors (Lipinski definition) is 1. The molecule has 0 saturated carbocycles. The van der Waals surface area contributed by atoms with E-state index in [2.05, 4.69) is 41.7 Å². The monoisotopic (exact) mass is 603 g/mol. The van der Waals surface area contributed by atoms with Crippen molar-refractivity contribution in [3.63, 3.8) is 0 Å². The number of para-hydroxylation sites is 1. The topological polar surface area (TPSA) is 76.6 Å². The molecule has 3 aromatic rings. The third kappa shape index (κ3) is 8.40. The fourth-order valence-corrected chi connectivity index (χ4v) is 5.95. The Morgan fingerprint density at radius 1 is 0.818 bits per heavy atom. The summed E-state index contributed by atoms with van der Waals surface area (Å²) in [6.07, 6.45) is 7.04. The third-order valence-electron chi connectivity index (χ3n) is 8.15. The third-order valence-corrected chi connectivity index (χ3v) is 8.15. The molecule has 236 valence electrons. The first-order chi connectivity index (χ1) is 21.7. The van der Waals surface area contributed by atoms with Gasteiger partial charge in [0.2, 0.25) is 0 Å². The summed E-state index contributed by atoms with van der Waals surface area (Å²) in [7, 11) is 5.05. The number of fused-ring (bicyclic) bond motifs is 1. The Kier molecular flexibility index (Phi) is 12.1. The van der Waals surface area contributed by atoms with Crippen molar-refractivity contribution in [2.24, 2.45) is 0 Å². The van der Waals surface area contributed by atoms with Crippen LogP contribution in [0.4, 0.5) is 0 Å². The van der Waals surface area contributed by atoms with Crippen LogP contribution in [0.5, 0.6) is 17.2 Å². The maximum absolute atomic E-state index is 6.61. The van der Waals surface area contributed by atoms with Crippen LogP contribution in [0.25, 0.3) is 6.08 Å². The van der Waals surface area contributed by atoms with Gasteiger partial charge in [-0.25, -0.2) is 0 Å². The molecular weight excluding hydrogens is 558 g/mol. The van der Waals surface area contributed by atoms with Crippen molar-refractivity contribution >= 4 is 6.08 Å². The molecule has 0 aromatic heterocycles. The first kappa shape index (κ1) is 32.0. The van der Waals surface area contributed by atoms with Crippen LogP contribution in [0, 0.1) is 0 Å². The number of allylic oxidation sites excluding steroid dienone is 1. The van der Waals surface area contributed by atoms with Crippen molar-refractivity contribution in [2.75, 3.05) is 54.4 Å². The molecule has 8 heteroatoms. The molecule has 0 bridgehead atoms. The minimum Gasteiger partial charge on any atom is -0.496 e. The molecule has 1 saturated heterocycles. The lowest BCUT2D eigenvalue weighted by Crippen LogP contribution is -2.50. The van der Waals surface area contributed by atoms with Crippen LogP contribution in [0.1, 0.15) is 46.6 Å². The number of ether oxygens (including phenoxy) is 7. The van der Waals surface area contributed by atoms with Crippen LogP contribution >= 0.6 is 0 Å². The number of hydrogen-bond acceptors (Lipinski definition) is 8. The highest BCUT2D eigenvalue weighted by Crippen LogP contribution is 2.34. The van der Waals surface area contributed by atoms with E-state index in [4.69, 9.17) is 33.2 Å². The predicted octanol–water partition coefficient (Wildman–Crippen LogP) is 5.91. The van der Waals surface area contributed by atoms with E-state index in [9.17, 15) is 0 Å². The summed E-state index contributed by atoms with van der Waals surface area (Å²) >= 11 is 0. The summed E-state index contributed by atoms with van der Waals surface area (Å²) in [6, 6.07) is 20.5. The van der Waals surface area contributed by atoms with Crippen molar-refractivity contribution < 1.29 is 33.2 Å². The van der Waals surface area contributed by atoms with Crippen LogP contribution in [0.2, 0.25) is 0 Å². The highest BCUT2D eigenvalue weighted by atomic mass is 16.7. The van der Waals surface area contributed by atoms with Crippen LogP contribution in [-0.4, -0.2) is 66.6 Å². The van der Waals surface area contributed by atoms with Crippen molar-refractivity contribution in [1.29, 1.82) is 0 Å². The van der Waals surface area contributed by atoms with Gasteiger partial charge in [-0.3, -0.25) is 0 Å². The molecule has 0 radical (unpaired) electrons. The lowest BCUT2D eigenvalue weighted by Gasteiger charge is -2.38. The molecule has 1 aliphatic heterocycles. The van der Waals surface area contributed by atoms with Crippen molar-refractivity contribution in [1.82, 2.24) is 5.32 Å². The quantitative estimate of drug-likeness (QED) is 0.160. The molecule has 3 aromatic carbocycles. The lowest BCUT2D eigenvalue weighted by molar-refractivity contribution is -0.113. The van der Waals surface area contributed by atoms with Gasteiger partial charge in [-0.05, 0) is 53.8 Å². The van der Waals surface area contributed by atoms with Gasteiger partial charge in [-0.2, -0.15) is 0 Å². The number of methoxy groups -OCH3 is 3. The molecule has 0 unspecified atom stereocenters. The number of piperidine rings is 1. The van der Waals surface area contributed by atoms with Crippen molar-refractivity contribution in [2.45, 2.75) is 50.6 Å². The van der Waals surface area contributed by atoms with E-state index < -0.39 is 0 Å². The van der Waals surface area contributed by atoms with Crippen molar-refractivity contribution in [3.8, 4) is 17.2 Å². The molecule has 8 nitrogen and oxygen atoms in total. The van der Waals surface area contributed by atoms with E-state index in [-0.39, 0.29) is 24.9 Å². The molecule has 5 rings (SSSR count). The Labute approximate surface area is 261 Å². The van der Waals surface area contributed by atoms with Crippen LogP contribution in [0.3, 0.4) is 0 Å². The number of aryl methyl sites for hydroxylation is 1. The van der Waals surface area contributed by atoms with E-state index in [1.54, 1.807) is 21.3 Å². The largest absolute Gasteiger partial charge is 0.496 e. The first-order valence-corrected chi connectivity index (χ1v) is 15.4. The minimum absolute atomic E-state index is 0.0336. The fourth-order valence-electron chi connectivity index (χ4n) is 5.95. The van der Waals surface area contributed by atoms with E-state index in [1.807, 2.05) is 36.4 Å². The van der Waals surface area contributed by atoms with Gasteiger partial charge < -0.3 is 38.5 Å². The standard InChI is InChI=1S/C36H45NO7/c1-38-25-44-35-22-37-21-34(43-23-26-19-28-9-4-6-11-31(28)33(20-26)40-3)36(35)27-13-15-30(16-14-27)42-18-8-17-41-24-29-10-5-7-12-32(29)39-2/h5-7,10-16,19-20,34-37H,4,8-9,17-18,21-25H2,1-3H3/t34-,35+,36+/m0/s1. The highest BCUT2D eigenvalue weighted by molar-refractivity contribution is 5.64.